The van der Waals surface area contributed by atoms with Crippen molar-refractivity contribution in [1.82, 2.24) is 4.98 Å². The molecule has 0 saturated carbocycles. The average molecular weight is 324 g/mol. The molecule has 0 aliphatic heterocycles. The van der Waals surface area contributed by atoms with Gasteiger partial charge in [-0.15, -0.1) is 12.4 Å². The molecule has 0 fully saturated rings. The van der Waals surface area contributed by atoms with E-state index in [0.29, 0.717) is 23.8 Å². The summed E-state index contributed by atoms with van der Waals surface area (Å²) in [5.41, 5.74) is 7.80. The van der Waals surface area contributed by atoms with E-state index < -0.39 is 5.97 Å². The normalized spacial score (nSPS) is 9.59. The van der Waals surface area contributed by atoms with Crippen molar-refractivity contribution in [3.05, 3.63) is 47.5 Å². The molecule has 2 aromatic rings. The van der Waals surface area contributed by atoms with Crippen molar-refractivity contribution < 1.29 is 14.3 Å². The Morgan fingerprint density at radius 2 is 2.05 bits per heavy atom. The van der Waals surface area contributed by atoms with Gasteiger partial charge in [-0.05, 0) is 23.8 Å². The van der Waals surface area contributed by atoms with Crippen LogP contribution in [0, 0.1) is 0 Å². The minimum absolute atomic E-state index is 0. The van der Waals surface area contributed by atoms with E-state index in [-0.39, 0.29) is 12.4 Å². The van der Waals surface area contributed by atoms with Gasteiger partial charge in [-0.1, -0.05) is 12.1 Å². The second kappa shape index (κ2) is 8.21. The molecule has 0 aliphatic rings. The van der Waals surface area contributed by atoms with Crippen LogP contribution in [0.2, 0.25) is 0 Å². The summed E-state index contributed by atoms with van der Waals surface area (Å²) in [4.78, 5) is 15.9. The molecule has 1 aromatic carbocycles. The average Bonchev–Trinajstić information content (AvgIpc) is 2.53. The lowest BCUT2D eigenvalue weighted by atomic mass is 10.2. The van der Waals surface area contributed by atoms with E-state index in [9.17, 15) is 4.79 Å². The van der Waals surface area contributed by atoms with Gasteiger partial charge in [0.25, 0.3) is 0 Å². The highest BCUT2D eigenvalue weighted by Crippen LogP contribution is 2.21. The Morgan fingerprint density at radius 1 is 1.27 bits per heavy atom. The van der Waals surface area contributed by atoms with E-state index in [1.807, 2.05) is 24.3 Å². The van der Waals surface area contributed by atoms with Gasteiger partial charge in [0.1, 0.15) is 5.82 Å². The molecule has 118 valence electrons. The van der Waals surface area contributed by atoms with Crippen molar-refractivity contribution in [3.8, 4) is 5.88 Å². The lowest BCUT2D eigenvalue weighted by Gasteiger charge is -2.10. The minimum Gasteiger partial charge on any atom is -0.481 e. The molecule has 0 radical (unpaired) electrons. The molecule has 2 rings (SSSR count). The summed E-state index contributed by atoms with van der Waals surface area (Å²) in [6.07, 6.45) is 0. The van der Waals surface area contributed by atoms with Crippen LogP contribution in [0.3, 0.4) is 0 Å². The van der Waals surface area contributed by atoms with E-state index in [1.54, 1.807) is 6.07 Å². The number of nitrogens with two attached hydrogens (primary N) is 1. The van der Waals surface area contributed by atoms with E-state index in [0.717, 1.165) is 11.3 Å². The molecule has 1 heterocycles. The largest absolute Gasteiger partial charge is 0.481 e. The molecule has 1 aromatic heterocycles. The number of pyridine rings is 1. The maximum absolute atomic E-state index is 11.6. The second-order valence-corrected chi connectivity index (χ2v) is 4.30. The Kier molecular flexibility index (Phi) is 6.62. The number of nitrogens with one attached hydrogen (secondary N) is 1. The fourth-order valence-corrected chi connectivity index (χ4v) is 1.83. The fourth-order valence-electron chi connectivity index (χ4n) is 1.83. The number of ether oxygens (including phenoxy) is 2. The molecule has 3 N–H and O–H groups in total. The van der Waals surface area contributed by atoms with E-state index in [2.05, 4.69) is 10.3 Å². The number of benzene rings is 1. The van der Waals surface area contributed by atoms with Gasteiger partial charge in [-0.2, -0.15) is 4.98 Å². The number of anilines is 2. The van der Waals surface area contributed by atoms with Gasteiger partial charge in [0, 0.05) is 18.3 Å². The molecule has 0 bridgehead atoms. The van der Waals surface area contributed by atoms with E-state index in [4.69, 9.17) is 15.2 Å². The van der Waals surface area contributed by atoms with Crippen LogP contribution in [0.1, 0.15) is 15.9 Å². The van der Waals surface area contributed by atoms with Crippen LogP contribution in [-0.4, -0.2) is 25.2 Å². The molecule has 0 spiro atoms. The lowest BCUT2D eigenvalue weighted by Crippen LogP contribution is -2.05. The molecule has 0 atom stereocenters. The summed E-state index contributed by atoms with van der Waals surface area (Å²) < 4.78 is 9.80. The Morgan fingerprint density at radius 3 is 2.68 bits per heavy atom. The van der Waals surface area contributed by atoms with Crippen LogP contribution in [0.4, 0.5) is 11.5 Å². The number of hydrogen-bond donors (Lipinski definition) is 2. The predicted octanol–water partition coefficient (Wildman–Crippen LogP) is 2.50. The van der Waals surface area contributed by atoms with Crippen molar-refractivity contribution in [2.75, 3.05) is 19.5 Å². The smallest absolute Gasteiger partial charge is 0.338 e. The minimum atomic E-state index is -0.450. The number of esters is 1. The van der Waals surface area contributed by atoms with Gasteiger partial charge in [0.05, 0.1) is 19.8 Å². The second-order valence-electron chi connectivity index (χ2n) is 4.30. The number of rotatable bonds is 5. The van der Waals surface area contributed by atoms with Crippen molar-refractivity contribution in [3.63, 3.8) is 0 Å². The van der Waals surface area contributed by atoms with Crippen LogP contribution in [0.15, 0.2) is 36.4 Å². The zero-order valence-corrected chi connectivity index (χ0v) is 13.1. The summed E-state index contributed by atoms with van der Waals surface area (Å²) in [5.74, 6) is 0.369. The van der Waals surface area contributed by atoms with E-state index in [1.165, 1.54) is 20.3 Å². The molecule has 0 amide bonds. The van der Waals surface area contributed by atoms with Crippen LogP contribution in [-0.2, 0) is 11.3 Å². The lowest BCUT2D eigenvalue weighted by molar-refractivity contribution is 0.0600. The van der Waals surface area contributed by atoms with Gasteiger partial charge >= 0.3 is 5.97 Å². The molecule has 0 saturated heterocycles. The first-order valence-electron chi connectivity index (χ1n) is 6.36. The topological polar surface area (TPSA) is 86.5 Å². The number of aromatic nitrogens is 1. The number of methoxy groups -OCH3 is 2. The van der Waals surface area contributed by atoms with Crippen molar-refractivity contribution in [2.45, 2.75) is 6.54 Å². The molecular formula is C15H18ClN3O3. The van der Waals surface area contributed by atoms with Crippen LogP contribution >= 0.6 is 12.4 Å². The third kappa shape index (κ3) is 4.34. The maximum Gasteiger partial charge on any atom is 0.338 e. The van der Waals surface area contributed by atoms with Gasteiger partial charge in [0.2, 0.25) is 5.88 Å². The quantitative estimate of drug-likeness (QED) is 0.822. The zero-order valence-electron chi connectivity index (χ0n) is 12.3. The maximum atomic E-state index is 11.6. The number of halogens is 1. The van der Waals surface area contributed by atoms with Gasteiger partial charge < -0.3 is 20.5 Å². The Hall–Kier alpha value is -2.31. The zero-order chi connectivity index (χ0) is 15.2. The SMILES string of the molecule is COC(=O)c1cc(Nc2cccc(CN)c2)nc(OC)c1.Cl. The number of carbonyl (C=O) groups excluding carboxylic acids is 1. The van der Waals surface area contributed by atoms with Crippen molar-refractivity contribution in [1.29, 1.82) is 0 Å². The highest BCUT2D eigenvalue weighted by atomic mass is 35.5. The molecule has 0 aliphatic carbocycles. The molecule has 0 unspecified atom stereocenters. The van der Waals surface area contributed by atoms with Crippen LogP contribution < -0.4 is 15.8 Å². The van der Waals surface area contributed by atoms with E-state index >= 15 is 0 Å². The van der Waals surface area contributed by atoms with Gasteiger partial charge in [0.15, 0.2) is 0 Å². The highest BCUT2D eigenvalue weighted by molar-refractivity contribution is 5.90. The molecule has 7 heteroatoms. The fraction of sp³-hybridized carbons (Fsp3) is 0.200. The Labute approximate surface area is 135 Å². The Balaban J connectivity index is 0.00000242. The standard InChI is InChI=1S/C15H17N3O3.ClH/c1-20-14-8-11(15(19)21-2)7-13(18-14)17-12-5-3-4-10(6-12)9-16;/h3-8H,9,16H2,1-2H3,(H,17,18);1H. The molecule has 6 nitrogen and oxygen atoms in total. The predicted molar refractivity (Wildman–Crippen MR) is 87.0 cm³/mol. The molecular weight excluding hydrogens is 306 g/mol. The van der Waals surface area contributed by atoms with Crippen LogP contribution in [0.5, 0.6) is 5.88 Å². The summed E-state index contributed by atoms with van der Waals surface area (Å²) in [5, 5.41) is 3.12. The summed E-state index contributed by atoms with van der Waals surface area (Å²) in [6.45, 7) is 0.453. The first kappa shape index (κ1) is 17.7. The summed E-state index contributed by atoms with van der Waals surface area (Å²) >= 11 is 0. The monoisotopic (exact) mass is 323 g/mol. The van der Waals surface area contributed by atoms with Crippen LogP contribution in [0.25, 0.3) is 0 Å². The van der Waals surface area contributed by atoms with Gasteiger partial charge in [-0.25, -0.2) is 4.79 Å². The summed E-state index contributed by atoms with van der Waals surface area (Å²) in [7, 11) is 2.81. The first-order valence-corrected chi connectivity index (χ1v) is 6.36. The van der Waals surface area contributed by atoms with Gasteiger partial charge in [-0.3, -0.25) is 0 Å². The first-order chi connectivity index (χ1) is 10.2. The third-order valence-corrected chi connectivity index (χ3v) is 2.87. The van der Waals surface area contributed by atoms with Crippen molar-refractivity contribution in [2.24, 2.45) is 5.73 Å². The van der Waals surface area contributed by atoms with Crippen molar-refractivity contribution >= 4 is 29.9 Å². The number of nitrogens with zero attached hydrogens (tertiary/aromatic N) is 1. The number of carbonyl (C=O) groups is 1. The third-order valence-electron chi connectivity index (χ3n) is 2.87. The number of hydrogen-bond acceptors (Lipinski definition) is 6. The highest BCUT2D eigenvalue weighted by Gasteiger charge is 2.10. The summed E-state index contributed by atoms with van der Waals surface area (Å²) in [6, 6.07) is 10.8. The Bertz CT molecular complexity index is 650. The molecule has 22 heavy (non-hydrogen) atoms.